The molecule has 1 unspecified atom stereocenters. The zero-order valence-corrected chi connectivity index (χ0v) is 13.6. The van der Waals surface area contributed by atoms with E-state index in [1.165, 1.54) is 0 Å². The lowest BCUT2D eigenvalue weighted by molar-refractivity contribution is -0.154. The van der Waals surface area contributed by atoms with E-state index in [4.69, 9.17) is 13.9 Å². The van der Waals surface area contributed by atoms with Crippen molar-refractivity contribution in [3.8, 4) is 0 Å². The van der Waals surface area contributed by atoms with E-state index in [9.17, 15) is 9.59 Å². The van der Waals surface area contributed by atoms with Gasteiger partial charge in [0.1, 0.15) is 11.9 Å². The molecule has 132 valence electrons. The van der Waals surface area contributed by atoms with Crippen molar-refractivity contribution in [2.24, 2.45) is 0 Å². The summed E-state index contributed by atoms with van der Waals surface area (Å²) in [6, 6.07) is 3.59. The second-order valence-corrected chi connectivity index (χ2v) is 5.89. The van der Waals surface area contributed by atoms with Gasteiger partial charge in [-0.3, -0.25) is 14.5 Å². The molecule has 0 bridgehead atoms. The SMILES string of the molecule is O=C(CN1CCOC(C(=O)N2CCOCC2)C1)NCc1ccco1. The lowest BCUT2D eigenvalue weighted by Gasteiger charge is -2.35. The molecule has 3 rings (SSSR count). The molecule has 0 spiro atoms. The Bertz CT molecular complexity index is 542. The number of hydrogen-bond donors (Lipinski definition) is 1. The Morgan fingerprint density at radius 2 is 2.04 bits per heavy atom. The summed E-state index contributed by atoms with van der Waals surface area (Å²) in [5.74, 6) is 0.607. The fourth-order valence-corrected chi connectivity index (χ4v) is 2.84. The van der Waals surface area contributed by atoms with Gasteiger partial charge in [-0.2, -0.15) is 0 Å². The first-order valence-electron chi connectivity index (χ1n) is 8.22. The number of nitrogens with one attached hydrogen (secondary N) is 1. The highest BCUT2D eigenvalue weighted by molar-refractivity contribution is 5.82. The fraction of sp³-hybridized carbons (Fsp3) is 0.625. The fourth-order valence-electron chi connectivity index (χ4n) is 2.84. The molecule has 24 heavy (non-hydrogen) atoms. The van der Waals surface area contributed by atoms with E-state index in [0.29, 0.717) is 58.3 Å². The number of hydrogen-bond acceptors (Lipinski definition) is 6. The minimum Gasteiger partial charge on any atom is -0.467 e. The van der Waals surface area contributed by atoms with Gasteiger partial charge in [-0.1, -0.05) is 0 Å². The van der Waals surface area contributed by atoms with Gasteiger partial charge in [-0.25, -0.2) is 0 Å². The van der Waals surface area contributed by atoms with Crippen LogP contribution < -0.4 is 5.32 Å². The predicted octanol–water partition coefficient (Wildman–Crippen LogP) is -0.545. The smallest absolute Gasteiger partial charge is 0.253 e. The molecule has 1 aromatic rings. The molecule has 1 N–H and O–H groups in total. The zero-order chi connectivity index (χ0) is 16.8. The molecule has 2 aliphatic rings. The number of furan rings is 1. The number of rotatable bonds is 5. The molecule has 1 aromatic heterocycles. The molecule has 3 heterocycles. The van der Waals surface area contributed by atoms with E-state index >= 15 is 0 Å². The quantitative estimate of drug-likeness (QED) is 0.777. The maximum absolute atomic E-state index is 12.5. The second-order valence-electron chi connectivity index (χ2n) is 5.89. The van der Waals surface area contributed by atoms with Crippen LogP contribution in [0.3, 0.4) is 0 Å². The van der Waals surface area contributed by atoms with Gasteiger partial charge >= 0.3 is 0 Å². The summed E-state index contributed by atoms with van der Waals surface area (Å²) in [6.07, 6.45) is 1.07. The summed E-state index contributed by atoms with van der Waals surface area (Å²) in [6.45, 7) is 4.47. The Morgan fingerprint density at radius 3 is 2.79 bits per heavy atom. The number of carbonyl (C=O) groups is 2. The van der Waals surface area contributed by atoms with Crippen LogP contribution in [0.1, 0.15) is 5.76 Å². The minimum absolute atomic E-state index is 0.0148. The van der Waals surface area contributed by atoms with Gasteiger partial charge in [0.2, 0.25) is 5.91 Å². The summed E-state index contributed by atoms with van der Waals surface area (Å²) < 4.78 is 16.0. The highest BCUT2D eigenvalue weighted by atomic mass is 16.5. The first-order valence-corrected chi connectivity index (χ1v) is 8.22. The molecule has 2 amide bonds. The second kappa shape index (κ2) is 8.27. The van der Waals surface area contributed by atoms with Crippen molar-refractivity contribution in [1.82, 2.24) is 15.1 Å². The van der Waals surface area contributed by atoms with Crippen molar-refractivity contribution < 1.29 is 23.5 Å². The average molecular weight is 337 g/mol. The van der Waals surface area contributed by atoms with Gasteiger partial charge in [0.25, 0.3) is 5.91 Å². The third kappa shape index (κ3) is 4.56. The Morgan fingerprint density at radius 1 is 1.21 bits per heavy atom. The number of carbonyl (C=O) groups excluding carboxylic acids is 2. The third-order valence-corrected chi connectivity index (χ3v) is 4.16. The Balaban J connectivity index is 1.44. The highest BCUT2D eigenvalue weighted by Crippen LogP contribution is 2.10. The van der Waals surface area contributed by atoms with Crippen molar-refractivity contribution in [3.63, 3.8) is 0 Å². The molecular formula is C16H23N3O5. The Hall–Kier alpha value is -1.90. The van der Waals surface area contributed by atoms with E-state index in [1.807, 2.05) is 11.0 Å². The van der Waals surface area contributed by atoms with Gasteiger partial charge in [-0.15, -0.1) is 0 Å². The Kier molecular flexibility index (Phi) is 5.84. The summed E-state index contributed by atoms with van der Waals surface area (Å²) in [5, 5.41) is 2.81. The topological polar surface area (TPSA) is 84.2 Å². The maximum Gasteiger partial charge on any atom is 0.253 e. The van der Waals surface area contributed by atoms with E-state index in [0.717, 1.165) is 0 Å². The van der Waals surface area contributed by atoms with Gasteiger partial charge in [0.15, 0.2) is 0 Å². The molecule has 8 heteroatoms. The molecule has 8 nitrogen and oxygen atoms in total. The van der Waals surface area contributed by atoms with Crippen molar-refractivity contribution in [1.29, 1.82) is 0 Å². The van der Waals surface area contributed by atoms with Crippen LogP contribution in [-0.4, -0.2) is 80.3 Å². The van der Waals surface area contributed by atoms with Crippen molar-refractivity contribution in [3.05, 3.63) is 24.2 Å². The largest absolute Gasteiger partial charge is 0.467 e. The maximum atomic E-state index is 12.5. The molecule has 2 aliphatic heterocycles. The highest BCUT2D eigenvalue weighted by Gasteiger charge is 2.31. The predicted molar refractivity (Wildman–Crippen MR) is 84.1 cm³/mol. The van der Waals surface area contributed by atoms with Gasteiger partial charge in [0.05, 0.1) is 39.2 Å². The standard InChI is InChI=1S/C16H23N3O5/c20-15(17-10-13-2-1-6-23-13)12-18-3-9-24-14(11-18)16(21)19-4-7-22-8-5-19/h1-2,6,14H,3-5,7-12H2,(H,17,20). The van der Waals surface area contributed by atoms with Crippen LogP contribution in [0.5, 0.6) is 0 Å². The molecule has 1 atom stereocenters. The average Bonchev–Trinajstić information content (AvgIpc) is 3.14. The first kappa shape index (κ1) is 16.9. The number of nitrogens with zero attached hydrogens (tertiary/aromatic N) is 2. The molecule has 2 saturated heterocycles. The summed E-state index contributed by atoms with van der Waals surface area (Å²) >= 11 is 0. The normalized spacial score (nSPS) is 22.3. The lowest BCUT2D eigenvalue weighted by atomic mass is 10.2. The van der Waals surface area contributed by atoms with E-state index in [1.54, 1.807) is 17.2 Å². The van der Waals surface area contributed by atoms with Crippen LogP contribution in [-0.2, 0) is 25.6 Å². The van der Waals surface area contributed by atoms with E-state index in [-0.39, 0.29) is 18.4 Å². The van der Waals surface area contributed by atoms with Crippen molar-refractivity contribution >= 4 is 11.8 Å². The molecule has 2 fully saturated rings. The monoisotopic (exact) mass is 337 g/mol. The van der Waals surface area contributed by atoms with Gasteiger partial charge in [-0.05, 0) is 12.1 Å². The zero-order valence-electron chi connectivity index (χ0n) is 13.6. The minimum atomic E-state index is -0.505. The van der Waals surface area contributed by atoms with Crippen LogP contribution >= 0.6 is 0 Å². The van der Waals surface area contributed by atoms with Gasteiger partial charge < -0.3 is 24.1 Å². The summed E-state index contributed by atoms with van der Waals surface area (Å²) in [7, 11) is 0. The molecule has 0 radical (unpaired) electrons. The number of ether oxygens (including phenoxy) is 2. The molecule has 0 aliphatic carbocycles. The summed E-state index contributed by atoms with van der Waals surface area (Å²) in [5.41, 5.74) is 0. The number of amides is 2. The third-order valence-electron chi connectivity index (χ3n) is 4.16. The molecular weight excluding hydrogens is 314 g/mol. The summed E-state index contributed by atoms with van der Waals surface area (Å²) in [4.78, 5) is 28.2. The van der Waals surface area contributed by atoms with Crippen LogP contribution in [0.4, 0.5) is 0 Å². The first-order chi connectivity index (χ1) is 11.7. The van der Waals surface area contributed by atoms with Crippen LogP contribution in [0.15, 0.2) is 22.8 Å². The number of morpholine rings is 2. The van der Waals surface area contributed by atoms with Crippen molar-refractivity contribution in [2.75, 3.05) is 52.5 Å². The van der Waals surface area contributed by atoms with Crippen LogP contribution in [0.25, 0.3) is 0 Å². The molecule has 0 aromatic carbocycles. The Labute approximate surface area is 140 Å². The lowest BCUT2D eigenvalue weighted by Crippen LogP contribution is -2.54. The van der Waals surface area contributed by atoms with Crippen molar-refractivity contribution in [2.45, 2.75) is 12.6 Å². The van der Waals surface area contributed by atoms with Crippen LogP contribution in [0.2, 0.25) is 0 Å². The van der Waals surface area contributed by atoms with E-state index in [2.05, 4.69) is 5.32 Å². The van der Waals surface area contributed by atoms with Gasteiger partial charge in [0, 0.05) is 26.2 Å². The molecule has 0 saturated carbocycles. The van der Waals surface area contributed by atoms with E-state index < -0.39 is 6.10 Å². The van der Waals surface area contributed by atoms with Crippen LogP contribution in [0, 0.1) is 0 Å².